The van der Waals surface area contributed by atoms with E-state index in [2.05, 4.69) is 17.0 Å². The second-order valence-corrected chi connectivity index (χ2v) is 3.07. The molecule has 0 amide bonds. The average molecular weight is 203 g/mol. The summed E-state index contributed by atoms with van der Waals surface area (Å²) in [6, 6.07) is 0. The van der Waals surface area contributed by atoms with Crippen molar-refractivity contribution in [1.82, 2.24) is 4.90 Å². The second kappa shape index (κ2) is 8.77. The molecule has 0 aromatic carbocycles. The van der Waals surface area contributed by atoms with Crippen LogP contribution in [0.2, 0.25) is 0 Å². The molecule has 0 aromatic rings. The van der Waals surface area contributed by atoms with Crippen molar-refractivity contribution >= 4 is 5.84 Å². The first-order valence-electron chi connectivity index (χ1n) is 5.01. The molecular formula is C9H21N3O2. The first-order valence-corrected chi connectivity index (χ1v) is 5.01. The molecule has 0 saturated heterocycles. The van der Waals surface area contributed by atoms with Gasteiger partial charge < -0.3 is 15.7 Å². The smallest absolute Gasteiger partial charge is 0.153 e. The van der Waals surface area contributed by atoms with Crippen LogP contribution in [-0.4, -0.2) is 48.8 Å². The Morgan fingerprint density at radius 1 is 1.43 bits per heavy atom. The summed E-state index contributed by atoms with van der Waals surface area (Å²) in [4.78, 5) is 2.06. The Balaban J connectivity index is 3.58. The number of rotatable bonds is 8. The van der Waals surface area contributed by atoms with Crippen LogP contribution < -0.4 is 5.73 Å². The molecule has 0 rings (SSSR count). The second-order valence-electron chi connectivity index (χ2n) is 3.07. The van der Waals surface area contributed by atoms with Gasteiger partial charge in [-0.3, -0.25) is 4.90 Å². The van der Waals surface area contributed by atoms with Gasteiger partial charge in [-0.1, -0.05) is 19.0 Å². The van der Waals surface area contributed by atoms with Gasteiger partial charge in [0.25, 0.3) is 0 Å². The summed E-state index contributed by atoms with van der Waals surface area (Å²) in [5.41, 5.74) is 5.40. The first kappa shape index (κ1) is 13.2. The lowest BCUT2D eigenvalue weighted by atomic mass is 10.4. The van der Waals surface area contributed by atoms with Crippen molar-refractivity contribution in [2.45, 2.75) is 20.3 Å². The van der Waals surface area contributed by atoms with Crippen molar-refractivity contribution in [3.8, 4) is 0 Å². The van der Waals surface area contributed by atoms with Crippen molar-refractivity contribution in [1.29, 1.82) is 0 Å². The Kier molecular flexibility index (Phi) is 8.27. The summed E-state index contributed by atoms with van der Waals surface area (Å²) in [5, 5.41) is 11.3. The molecule has 0 aliphatic heterocycles. The maximum absolute atomic E-state index is 8.39. The molecule has 0 spiro atoms. The van der Waals surface area contributed by atoms with E-state index in [4.69, 9.17) is 15.7 Å². The van der Waals surface area contributed by atoms with E-state index in [1.807, 2.05) is 6.92 Å². The van der Waals surface area contributed by atoms with E-state index >= 15 is 0 Å². The van der Waals surface area contributed by atoms with Crippen LogP contribution >= 0.6 is 0 Å². The van der Waals surface area contributed by atoms with Crippen molar-refractivity contribution in [2.75, 3.05) is 32.8 Å². The fourth-order valence-corrected chi connectivity index (χ4v) is 1.05. The summed E-state index contributed by atoms with van der Waals surface area (Å²) < 4.78 is 5.35. The first-order chi connectivity index (χ1) is 6.74. The highest BCUT2D eigenvalue weighted by atomic mass is 16.5. The Labute approximate surface area is 85.5 Å². The molecule has 0 aromatic heterocycles. The Bertz CT molecular complexity index is 162. The molecular weight excluding hydrogens is 182 g/mol. The molecule has 0 heterocycles. The maximum Gasteiger partial charge on any atom is 0.153 e. The van der Waals surface area contributed by atoms with E-state index < -0.39 is 0 Å². The molecule has 3 N–H and O–H groups in total. The zero-order valence-electron chi connectivity index (χ0n) is 9.07. The quantitative estimate of drug-likeness (QED) is 0.198. The van der Waals surface area contributed by atoms with E-state index in [0.717, 1.165) is 26.1 Å². The van der Waals surface area contributed by atoms with Crippen LogP contribution in [0.5, 0.6) is 0 Å². The maximum atomic E-state index is 8.39. The third-order valence-corrected chi connectivity index (χ3v) is 1.86. The van der Waals surface area contributed by atoms with Gasteiger partial charge in [0, 0.05) is 13.2 Å². The number of oxime groups is 1. The summed E-state index contributed by atoms with van der Waals surface area (Å²) in [5.74, 6) is 0.238. The summed E-state index contributed by atoms with van der Waals surface area (Å²) in [7, 11) is 0. The van der Waals surface area contributed by atoms with Gasteiger partial charge in [-0.2, -0.15) is 0 Å². The van der Waals surface area contributed by atoms with Gasteiger partial charge in [-0.25, -0.2) is 0 Å². The zero-order valence-corrected chi connectivity index (χ0v) is 9.07. The highest BCUT2D eigenvalue weighted by Gasteiger charge is 2.04. The molecule has 0 radical (unpaired) electrons. The van der Waals surface area contributed by atoms with Gasteiger partial charge >= 0.3 is 0 Å². The van der Waals surface area contributed by atoms with E-state index in [1.54, 1.807) is 0 Å². The van der Waals surface area contributed by atoms with Gasteiger partial charge in [-0.05, 0) is 13.0 Å². The van der Waals surface area contributed by atoms with E-state index in [0.29, 0.717) is 13.2 Å². The minimum Gasteiger partial charge on any atom is -0.409 e. The van der Waals surface area contributed by atoms with Crippen molar-refractivity contribution in [3.05, 3.63) is 0 Å². The summed E-state index contributed by atoms with van der Waals surface area (Å²) in [6.45, 7) is 7.76. The normalized spacial score (nSPS) is 12.4. The molecule has 5 heteroatoms. The number of hydrogen-bond donors (Lipinski definition) is 2. The minimum absolute atomic E-state index is 0.238. The monoisotopic (exact) mass is 203 g/mol. The third kappa shape index (κ3) is 6.68. The van der Waals surface area contributed by atoms with Crippen LogP contribution in [0.3, 0.4) is 0 Å². The predicted molar refractivity (Wildman–Crippen MR) is 56.6 cm³/mol. The molecule has 0 unspecified atom stereocenters. The molecule has 84 valence electrons. The van der Waals surface area contributed by atoms with Crippen LogP contribution in [0.25, 0.3) is 0 Å². The fourth-order valence-electron chi connectivity index (χ4n) is 1.05. The van der Waals surface area contributed by atoms with Gasteiger partial charge in [0.05, 0.1) is 13.2 Å². The largest absolute Gasteiger partial charge is 0.409 e. The van der Waals surface area contributed by atoms with Crippen LogP contribution in [-0.2, 0) is 4.74 Å². The van der Waals surface area contributed by atoms with Crippen LogP contribution in [0.15, 0.2) is 5.16 Å². The number of hydrogen-bond acceptors (Lipinski definition) is 4. The SMILES string of the molecule is CCCOCCN(CC)CC(N)=NO. The van der Waals surface area contributed by atoms with Crippen molar-refractivity contribution < 1.29 is 9.94 Å². The Morgan fingerprint density at radius 2 is 2.14 bits per heavy atom. The molecule has 0 atom stereocenters. The predicted octanol–water partition coefficient (Wildman–Crippen LogP) is 0.481. The molecule has 0 aliphatic rings. The van der Waals surface area contributed by atoms with E-state index in [1.165, 1.54) is 0 Å². The topological polar surface area (TPSA) is 71.1 Å². The number of nitrogens with zero attached hydrogens (tertiary/aromatic N) is 2. The zero-order chi connectivity index (χ0) is 10.8. The molecule has 0 aliphatic carbocycles. The van der Waals surface area contributed by atoms with Crippen LogP contribution in [0.1, 0.15) is 20.3 Å². The number of ether oxygens (including phenoxy) is 1. The Morgan fingerprint density at radius 3 is 2.64 bits per heavy atom. The molecule has 14 heavy (non-hydrogen) atoms. The highest BCUT2D eigenvalue weighted by molar-refractivity contribution is 5.81. The number of amidine groups is 1. The summed E-state index contributed by atoms with van der Waals surface area (Å²) >= 11 is 0. The standard InChI is InChI=1S/C9H21N3O2/c1-3-6-14-7-5-12(4-2)8-9(10)11-13/h13H,3-8H2,1-2H3,(H2,10,11). The van der Waals surface area contributed by atoms with Crippen molar-refractivity contribution in [2.24, 2.45) is 10.9 Å². The average Bonchev–Trinajstić information content (AvgIpc) is 2.22. The third-order valence-electron chi connectivity index (χ3n) is 1.86. The lowest BCUT2D eigenvalue weighted by Gasteiger charge is -2.18. The summed E-state index contributed by atoms with van der Waals surface area (Å²) in [6.07, 6.45) is 1.03. The molecule has 0 fully saturated rings. The van der Waals surface area contributed by atoms with Gasteiger partial charge in [0.1, 0.15) is 0 Å². The lowest BCUT2D eigenvalue weighted by Crippen LogP contribution is -2.36. The van der Waals surface area contributed by atoms with Crippen molar-refractivity contribution in [3.63, 3.8) is 0 Å². The van der Waals surface area contributed by atoms with E-state index in [-0.39, 0.29) is 5.84 Å². The molecule has 0 bridgehead atoms. The number of nitrogens with two attached hydrogens (primary N) is 1. The Hall–Kier alpha value is -0.810. The number of likely N-dealkylation sites (N-methyl/N-ethyl adjacent to an activating group) is 1. The van der Waals surface area contributed by atoms with Gasteiger partial charge in [0.2, 0.25) is 0 Å². The highest BCUT2D eigenvalue weighted by Crippen LogP contribution is 1.89. The molecule has 5 nitrogen and oxygen atoms in total. The fraction of sp³-hybridized carbons (Fsp3) is 0.889. The van der Waals surface area contributed by atoms with Crippen LogP contribution in [0, 0.1) is 0 Å². The van der Waals surface area contributed by atoms with Crippen LogP contribution in [0.4, 0.5) is 0 Å². The molecule has 0 saturated carbocycles. The minimum atomic E-state index is 0.238. The van der Waals surface area contributed by atoms with E-state index in [9.17, 15) is 0 Å². The van der Waals surface area contributed by atoms with Gasteiger partial charge in [0.15, 0.2) is 5.84 Å². The van der Waals surface area contributed by atoms with Gasteiger partial charge in [-0.15, -0.1) is 0 Å². The lowest BCUT2D eigenvalue weighted by molar-refractivity contribution is 0.110.